The highest BCUT2D eigenvalue weighted by Crippen LogP contribution is 2.18. The first-order chi connectivity index (χ1) is 9.33. The van der Waals surface area contributed by atoms with E-state index in [0.29, 0.717) is 0 Å². The Morgan fingerprint density at radius 3 is 3.21 bits per heavy atom. The van der Waals surface area contributed by atoms with Gasteiger partial charge in [-0.3, -0.25) is 0 Å². The van der Waals surface area contributed by atoms with Crippen LogP contribution in [0.15, 0.2) is 30.5 Å². The Morgan fingerprint density at radius 1 is 1.37 bits per heavy atom. The lowest BCUT2D eigenvalue weighted by Crippen LogP contribution is -2.37. The fraction of sp³-hybridized carbons (Fsp3) is 0.500. The van der Waals surface area contributed by atoms with Crippen LogP contribution in [0.2, 0.25) is 0 Å². The Morgan fingerprint density at radius 2 is 2.32 bits per heavy atom. The van der Waals surface area contributed by atoms with E-state index in [4.69, 9.17) is 0 Å². The molecule has 2 N–H and O–H groups in total. The van der Waals surface area contributed by atoms with Gasteiger partial charge in [0.2, 0.25) is 0 Å². The Hall–Kier alpha value is -1.32. The van der Waals surface area contributed by atoms with Crippen molar-refractivity contribution in [1.29, 1.82) is 0 Å². The number of fused-ring (bicyclic) bond motifs is 1. The molecule has 0 radical (unpaired) electrons. The summed E-state index contributed by atoms with van der Waals surface area (Å²) >= 11 is 0. The third-order valence-corrected chi connectivity index (χ3v) is 4.16. The van der Waals surface area contributed by atoms with Gasteiger partial charge in [0.25, 0.3) is 0 Å². The van der Waals surface area contributed by atoms with E-state index in [1.807, 2.05) is 6.20 Å². The lowest BCUT2D eigenvalue weighted by molar-refractivity contribution is 0.206. The largest absolute Gasteiger partial charge is 0.361 e. The molecule has 0 aliphatic carbocycles. The number of nitrogens with one attached hydrogen (secondary N) is 2. The lowest BCUT2D eigenvalue weighted by atomic mass is 9.98. The molecule has 1 aromatic heterocycles. The molecule has 1 aliphatic rings. The Bertz CT molecular complexity index is 532. The molecule has 1 fully saturated rings. The molecule has 1 atom stereocenters. The summed E-state index contributed by atoms with van der Waals surface area (Å²) in [6.45, 7) is 4.60. The van der Waals surface area contributed by atoms with Crippen LogP contribution in [-0.4, -0.2) is 36.6 Å². The SMILES string of the molecule is CN1CCCC(CNCc2cccc3[nH]ccc23)C1. The maximum atomic E-state index is 3.63. The molecule has 3 rings (SSSR count). The van der Waals surface area contributed by atoms with Crippen molar-refractivity contribution in [3.8, 4) is 0 Å². The predicted octanol–water partition coefficient (Wildman–Crippen LogP) is 2.60. The van der Waals surface area contributed by atoms with Crippen LogP contribution >= 0.6 is 0 Å². The fourth-order valence-electron chi connectivity index (χ4n) is 3.16. The first-order valence-corrected chi connectivity index (χ1v) is 7.27. The second-order valence-electron chi connectivity index (χ2n) is 5.76. The minimum absolute atomic E-state index is 0.809. The van der Waals surface area contributed by atoms with Gasteiger partial charge in [-0.1, -0.05) is 12.1 Å². The summed E-state index contributed by atoms with van der Waals surface area (Å²) in [7, 11) is 2.23. The molecule has 1 aromatic carbocycles. The van der Waals surface area contributed by atoms with E-state index in [1.165, 1.54) is 42.4 Å². The van der Waals surface area contributed by atoms with Gasteiger partial charge < -0.3 is 15.2 Å². The van der Waals surface area contributed by atoms with Gasteiger partial charge in [-0.15, -0.1) is 0 Å². The molecule has 1 saturated heterocycles. The number of piperidine rings is 1. The van der Waals surface area contributed by atoms with E-state index in [1.54, 1.807) is 0 Å². The van der Waals surface area contributed by atoms with Crippen molar-refractivity contribution in [3.63, 3.8) is 0 Å². The van der Waals surface area contributed by atoms with Crippen molar-refractivity contribution < 1.29 is 0 Å². The second kappa shape index (κ2) is 5.76. The smallest absolute Gasteiger partial charge is 0.0457 e. The number of aromatic amines is 1. The zero-order valence-corrected chi connectivity index (χ0v) is 11.7. The van der Waals surface area contributed by atoms with E-state index in [9.17, 15) is 0 Å². The minimum Gasteiger partial charge on any atom is -0.361 e. The van der Waals surface area contributed by atoms with Crippen molar-refractivity contribution in [2.24, 2.45) is 5.92 Å². The quantitative estimate of drug-likeness (QED) is 0.882. The fourth-order valence-corrected chi connectivity index (χ4v) is 3.16. The standard InChI is InChI=1S/C16H23N3/c1-19-9-3-4-13(12-19)10-17-11-14-5-2-6-16-15(14)7-8-18-16/h2,5-8,13,17-18H,3-4,9-12H2,1H3. The van der Waals surface area contributed by atoms with E-state index in [-0.39, 0.29) is 0 Å². The van der Waals surface area contributed by atoms with Gasteiger partial charge in [-0.05, 0) is 56.6 Å². The Labute approximate surface area is 115 Å². The molecule has 0 spiro atoms. The summed E-state index contributed by atoms with van der Waals surface area (Å²) in [6.07, 6.45) is 4.73. The molecule has 2 heterocycles. The van der Waals surface area contributed by atoms with Gasteiger partial charge in [-0.25, -0.2) is 0 Å². The maximum absolute atomic E-state index is 3.63. The first kappa shape index (κ1) is 12.7. The summed E-state index contributed by atoms with van der Waals surface area (Å²) in [5, 5.41) is 4.98. The van der Waals surface area contributed by atoms with Crippen LogP contribution in [-0.2, 0) is 6.54 Å². The lowest BCUT2D eigenvalue weighted by Gasteiger charge is -2.29. The number of H-pyrrole nitrogens is 1. The van der Waals surface area contributed by atoms with Crippen LogP contribution in [0.4, 0.5) is 0 Å². The van der Waals surface area contributed by atoms with E-state index in [2.05, 4.69) is 46.5 Å². The zero-order valence-electron chi connectivity index (χ0n) is 11.7. The molecular formula is C16H23N3. The summed E-state index contributed by atoms with van der Waals surface area (Å²) < 4.78 is 0. The van der Waals surface area contributed by atoms with Gasteiger partial charge in [0.15, 0.2) is 0 Å². The molecule has 3 nitrogen and oxygen atoms in total. The molecule has 19 heavy (non-hydrogen) atoms. The highest BCUT2D eigenvalue weighted by Gasteiger charge is 2.16. The summed E-state index contributed by atoms with van der Waals surface area (Å²) in [6, 6.07) is 8.65. The number of rotatable bonds is 4. The molecule has 1 unspecified atom stereocenters. The number of hydrogen-bond donors (Lipinski definition) is 2. The summed E-state index contributed by atoms with van der Waals surface area (Å²) in [4.78, 5) is 5.72. The molecule has 2 aromatic rings. The monoisotopic (exact) mass is 257 g/mol. The van der Waals surface area contributed by atoms with E-state index >= 15 is 0 Å². The van der Waals surface area contributed by atoms with Crippen LogP contribution in [0.25, 0.3) is 10.9 Å². The van der Waals surface area contributed by atoms with Gasteiger partial charge in [0.05, 0.1) is 0 Å². The predicted molar refractivity (Wildman–Crippen MR) is 80.2 cm³/mol. The number of hydrogen-bond acceptors (Lipinski definition) is 2. The molecule has 3 heteroatoms. The van der Waals surface area contributed by atoms with Gasteiger partial charge in [0, 0.05) is 30.2 Å². The first-order valence-electron chi connectivity index (χ1n) is 7.27. The summed E-state index contributed by atoms with van der Waals surface area (Å²) in [5.41, 5.74) is 2.62. The van der Waals surface area contributed by atoms with Crippen LogP contribution in [0.5, 0.6) is 0 Å². The van der Waals surface area contributed by atoms with Gasteiger partial charge in [-0.2, -0.15) is 0 Å². The average Bonchev–Trinajstić information content (AvgIpc) is 2.88. The number of aromatic nitrogens is 1. The van der Waals surface area contributed by atoms with E-state index in [0.717, 1.165) is 19.0 Å². The average molecular weight is 257 g/mol. The van der Waals surface area contributed by atoms with Crippen LogP contribution in [0, 0.1) is 5.92 Å². The van der Waals surface area contributed by atoms with Crippen LogP contribution < -0.4 is 5.32 Å². The molecular weight excluding hydrogens is 234 g/mol. The normalized spacial score (nSPS) is 21.0. The van der Waals surface area contributed by atoms with Gasteiger partial charge >= 0.3 is 0 Å². The Kier molecular flexibility index (Phi) is 3.85. The van der Waals surface area contributed by atoms with Crippen molar-refractivity contribution in [1.82, 2.24) is 15.2 Å². The highest BCUT2D eigenvalue weighted by molar-refractivity contribution is 5.82. The third-order valence-electron chi connectivity index (χ3n) is 4.16. The van der Waals surface area contributed by atoms with Gasteiger partial charge in [0.1, 0.15) is 0 Å². The molecule has 0 amide bonds. The van der Waals surface area contributed by atoms with Crippen molar-refractivity contribution >= 4 is 10.9 Å². The number of benzene rings is 1. The highest BCUT2D eigenvalue weighted by atomic mass is 15.1. The molecule has 102 valence electrons. The van der Waals surface area contributed by atoms with Crippen molar-refractivity contribution in [2.75, 3.05) is 26.7 Å². The third kappa shape index (κ3) is 2.99. The Balaban J connectivity index is 1.56. The topological polar surface area (TPSA) is 31.1 Å². The van der Waals surface area contributed by atoms with Crippen LogP contribution in [0.1, 0.15) is 18.4 Å². The number of likely N-dealkylation sites (tertiary alicyclic amines) is 1. The molecule has 0 saturated carbocycles. The van der Waals surface area contributed by atoms with E-state index < -0.39 is 0 Å². The van der Waals surface area contributed by atoms with Crippen LogP contribution in [0.3, 0.4) is 0 Å². The van der Waals surface area contributed by atoms with Crippen molar-refractivity contribution in [3.05, 3.63) is 36.0 Å². The summed E-state index contributed by atoms with van der Waals surface area (Å²) in [5.74, 6) is 0.809. The van der Waals surface area contributed by atoms with Crippen molar-refractivity contribution in [2.45, 2.75) is 19.4 Å². The molecule has 1 aliphatic heterocycles. The zero-order chi connectivity index (χ0) is 13.1. The number of nitrogens with zero attached hydrogens (tertiary/aromatic N) is 1. The maximum Gasteiger partial charge on any atom is 0.0457 e. The second-order valence-corrected chi connectivity index (χ2v) is 5.76. The minimum atomic E-state index is 0.809. The molecule has 0 bridgehead atoms.